The van der Waals surface area contributed by atoms with Crippen LogP contribution in [0.15, 0.2) is 65.6 Å². The zero-order valence-electron chi connectivity index (χ0n) is 15.6. The van der Waals surface area contributed by atoms with Crippen LogP contribution in [0.4, 0.5) is 11.4 Å². The highest BCUT2D eigenvalue weighted by molar-refractivity contribution is 7.92. The van der Waals surface area contributed by atoms with Gasteiger partial charge in [-0.05, 0) is 55.0 Å². The van der Waals surface area contributed by atoms with Crippen LogP contribution in [0.2, 0.25) is 5.02 Å². The smallest absolute Gasteiger partial charge is 0.261 e. The summed E-state index contributed by atoms with van der Waals surface area (Å²) in [5, 5.41) is 3.15. The Morgan fingerprint density at radius 1 is 1.03 bits per heavy atom. The maximum absolute atomic E-state index is 12.7. The number of anilines is 2. The fourth-order valence-corrected chi connectivity index (χ4v) is 4.65. The third kappa shape index (κ3) is 4.13. The number of amides is 1. The highest BCUT2D eigenvalue weighted by atomic mass is 35.5. The average molecular weight is 459 g/mol. The lowest BCUT2D eigenvalue weighted by molar-refractivity contribution is 0.102. The minimum absolute atomic E-state index is 0.0377. The molecule has 0 saturated heterocycles. The summed E-state index contributed by atoms with van der Waals surface area (Å²) < 4.78 is 36.2. The lowest BCUT2D eigenvalue weighted by Gasteiger charge is -2.11. The Hall–Kier alpha value is -3.01. The van der Waals surface area contributed by atoms with Gasteiger partial charge >= 0.3 is 0 Å². The van der Waals surface area contributed by atoms with E-state index < -0.39 is 15.9 Å². The van der Waals surface area contributed by atoms with Crippen LogP contribution in [0, 0.1) is 6.92 Å². The van der Waals surface area contributed by atoms with E-state index in [9.17, 15) is 13.2 Å². The van der Waals surface area contributed by atoms with Crippen LogP contribution in [0.3, 0.4) is 0 Å². The molecule has 30 heavy (non-hydrogen) atoms. The number of carbonyl (C=O) groups excluding carboxylic acids is 1. The Balaban J connectivity index is 1.57. The summed E-state index contributed by atoms with van der Waals surface area (Å²) in [6, 6.07) is 16.0. The minimum Gasteiger partial charge on any atom is -0.320 e. The summed E-state index contributed by atoms with van der Waals surface area (Å²) in [5.74, 6) is -0.394. The molecule has 4 rings (SSSR count). The topological polar surface area (TPSA) is 101 Å². The number of halogens is 1. The second-order valence-electron chi connectivity index (χ2n) is 6.49. The highest BCUT2D eigenvalue weighted by Gasteiger charge is 2.17. The molecule has 0 saturated carbocycles. The van der Waals surface area contributed by atoms with Gasteiger partial charge in [0.05, 0.1) is 22.3 Å². The highest BCUT2D eigenvalue weighted by Crippen LogP contribution is 2.24. The lowest BCUT2D eigenvalue weighted by Crippen LogP contribution is -2.15. The Morgan fingerprint density at radius 3 is 2.63 bits per heavy atom. The van der Waals surface area contributed by atoms with Gasteiger partial charge in [-0.3, -0.25) is 9.52 Å². The third-order valence-corrected chi connectivity index (χ3v) is 6.69. The maximum Gasteiger partial charge on any atom is 0.261 e. The van der Waals surface area contributed by atoms with E-state index in [0.29, 0.717) is 21.7 Å². The number of aromatic nitrogens is 2. The first-order valence-corrected chi connectivity index (χ1v) is 11.3. The molecule has 2 N–H and O–H groups in total. The first kappa shape index (κ1) is 20.3. The van der Waals surface area contributed by atoms with E-state index in [0.717, 1.165) is 17.3 Å². The standard InChI is InChI=1S/C20H15ClN4O3S2/c1-12-8-9-15(11-16(12)21)30(27,28)25-14-5-2-4-13(10-14)20(26)22-17-6-3-7-18-19(17)24-29-23-18/h2-11,25H,1H3,(H,22,26). The number of benzene rings is 3. The summed E-state index contributed by atoms with van der Waals surface area (Å²) in [6.07, 6.45) is 0. The van der Waals surface area contributed by atoms with E-state index in [1.54, 1.807) is 49.4 Å². The Bertz CT molecular complexity index is 1370. The van der Waals surface area contributed by atoms with Crippen molar-refractivity contribution >= 4 is 61.7 Å². The molecule has 0 fully saturated rings. The van der Waals surface area contributed by atoms with Crippen molar-refractivity contribution in [2.45, 2.75) is 11.8 Å². The van der Waals surface area contributed by atoms with Gasteiger partial charge in [-0.15, -0.1) is 0 Å². The van der Waals surface area contributed by atoms with E-state index in [4.69, 9.17) is 11.6 Å². The van der Waals surface area contributed by atoms with Crippen molar-refractivity contribution in [3.63, 3.8) is 0 Å². The van der Waals surface area contributed by atoms with Gasteiger partial charge in [0, 0.05) is 16.3 Å². The molecule has 10 heteroatoms. The normalized spacial score (nSPS) is 11.4. The summed E-state index contributed by atoms with van der Waals surface area (Å²) in [4.78, 5) is 12.7. The second kappa shape index (κ2) is 8.02. The molecule has 0 spiro atoms. The molecule has 0 aliphatic carbocycles. The fourth-order valence-electron chi connectivity index (χ4n) is 2.78. The maximum atomic E-state index is 12.7. The van der Waals surface area contributed by atoms with E-state index in [-0.39, 0.29) is 16.1 Å². The van der Waals surface area contributed by atoms with Crippen LogP contribution in [-0.4, -0.2) is 23.1 Å². The van der Waals surface area contributed by atoms with Crippen molar-refractivity contribution in [3.8, 4) is 0 Å². The van der Waals surface area contributed by atoms with Gasteiger partial charge in [-0.1, -0.05) is 29.8 Å². The van der Waals surface area contributed by atoms with E-state index in [1.165, 1.54) is 18.2 Å². The minimum atomic E-state index is -3.86. The molecular formula is C20H15ClN4O3S2. The molecule has 0 aliphatic rings. The second-order valence-corrected chi connectivity index (χ2v) is 9.11. The molecule has 152 valence electrons. The number of aryl methyl sites for hydroxylation is 1. The molecule has 0 radical (unpaired) electrons. The van der Waals surface area contributed by atoms with Gasteiger partial charge < -0.3 is 5.32 Å². The Morgan fingerprint density at radius 2 is 1.83 bits per heavy atom. The van der Waals surface area contributed by atoms with Gasteiger partial charge in [0.15, 0.2) is 0 Å². The largest absolute Gasteiger partial charge is 0.320 e. The van der Waals surface area contributed by atoms with Gasteiger partial charge in [-0.25, -0.2) is 8.42 Å². The quantitative estimate of drug-likeness (QED) is 0.451. The molecule has 1 aromatic heterocycles. The van der Waals surface area contributed by atoms with Crippen molar-refractivity contribution in [1.82, 2.24) is 8.75 Å². The summed E-state index contributed by atoms with van der Waals surface area (Å²) >= 11 is 7.11. The van der Waals surface area contributed by atoms with Crippen molar-refractivity contribution in [3.05, 3.63) is 76.8 Å². The number of hydrogen-bond donors (Lipinski definition) is 2. The Labute approximate surface area is 182 Å². The van der Waals surface area contributed by atoms with Gasteiger partial charge in [0.2, 0.25) is 0 Å². The number of sulfonamides is 1. The zero-order valence-corrected chi connectivity index (χ0v) is 18.0. The van der Waals surface area contributed by atoms with Crippen LogP contribution in [-0.2, 0) is 10.0 Å². The van der Waals surface area contributed by atoms with Crippen molar-refractivity contribution in [1.29, 1.82) is 0 Å². The molecule has 3 aromatic carbocycles. The number of carbonyl (C=O) groups is 1. The Kier molecular flexibility index (Phi) is 5.42. The van der Waals surface area contributed by atoms with Gasteiger partial charge in [0.25, 0.3) is 15.9 Å². The molecule has 7 nitrogen and oxygen atoms in total. The molecule has 0 bridgehead atoms. The lowest BCUT2D eigenvalue weighted by atomic mass is 10.2. The number of nitrogens with one attached hydrogen (secondary N) is 2. The van der Waals surface area contributed by atoms with Crippen molar-refractivity contribution < 1.29 is 13.2 Å². The molecule has 1 amide bonds. The van der Waals surface area contributed by atoms with E-state index in [1.807, 2.05) is 0 Å². The van der Waals surface area contributed by atoms with Crippen molar-refractivity contribution in [2.24, 2.45) is 0 Å². The van der Waals surface area contributed by atoms with E-state index >= 15 is 0 Å². The van der Waals surface area contributed by atoms with Gasteiger partial charge in [-0.2, -0.15) is 8.75 Å². The van der Waals surface area contributed by atoms with Crippen LogP contribution in [0.1, 0.15) is 15.9 Å². The predicted octanol–water partition coefficient (Wildman–Crippen LogP) is 4.71. The summed E-state index contributed by atoms with van der Waals surface area (Å²) in [5.41, 5.74) is 3.15. The number of hydrogen-bond acceptors (Lipinski definition) is 6. The average Bonchev–Trinajstić information content (AvgIpc) is 3.20. The first-order chi connectivity index (χ1) is 14.3. The summed E-state index contributed by atoms with van der Waals surface area (Å²) in [7, 11) is -3.86. The molecule has 0 aliphatic heterocycles. The van der Waals surface area contributed by atoms with Crippen molar-refractivity contribution in [2.75, 3.05) is 10.0 Å². The third-order valence-electron chi connectivity index (χ3n) is 4.36. The monoisotopic (exact) mass is 458 g/mol. The van der Waals surface area contributed by atoms with Crippen LogP contribution < -0.4 is 10.0 Å². The molecule has 1 heterocycles. The molecular weight excluding hydrogens is 444 g/mol. The predicted molar refractivity (Wildman–Crippen MR) is 119 cm³/mol. The number of rotatable bonds is 5. The number of nitrogens with zero attached hydrogens (tertiary/aromatic N) is 2. The zero-order chi connectivity index (χ0) is 21.3. The van der Waals surface area contributed by atoms with Crippen LogP contribution >= 0.6 is 23.3 Å². The van der Waals surface area contributed by atoms with Gasteiger partial charge in [0.1, 0.15) is 11.0 Å². The van der Waals surface area contributed by atoms with Crippen LogP contribution in [0.25, 0.3) is 11.0 Å². The first-order valence-electron chi connectivity index (χ1n) is 8.75. The fraction of sp³-hybridized carbons (Fsp3) is 0.0500. The molecule has 0 atom stereocenters. The molecule has 4 aromatic rings. The van der Waals surface area contributed by atoms with Crippen LogP contribution in [0.5, 0.6) is 0 Å². The SMILES string of the molecule is Cc1ccc(S(=O)(=O)Nc2cccc(C(=O)Nc3cccc4nsnc34)c2)cc1Cl. The van der Waals surface area contributed by atoms with E-state index in [2.05, 4.69) is 18.8 Å². The summed E-state index contributed by atoms with van der Waals surface area (Å²) in [6.45, 7) is 1.79. The molecule has 0 unspecified atom stereocenters. The number of fused-ring (bicyclic) bond motifs is 1.